The predicted molar refractivity (Wildman–Crippen MR) is 49.0 cm³/mol. The van der Waals surface area contributed by atoms with Crippen LogP contribution in [0.3, 0.4) is 0 Å². The third-order valence-corrected chi connectivity index (χ3v) is 2.07. The van der Waals surface area contributed by atoms with Crippen molar-refractivity contribution in [3.8, 4) is 0 Å². The van der Waals surface area contributed by atoms with Crippen LogP contribution in [0.4, 0.5) is 0 Å². The normalized spacial score (nSPS) is 27.4. The third kappa shape index (κ3) is 1.73. The van der Waals surface area contributed by atoms with Crippen LogP contribution in [-0.4, -0.2) is 6.04 Å². The molecule has 1 aromatic rings. The molecule has 11 heavy (non-hydrogen) atoms. The Morgan fingerprint density at radius 2 is 1.73 bits per heavy atom. The maximum absolute atomic E-state index is 5.70. The second-order valence-corrected chi connectivity index (χ2v) is 2.92. The van der Waals surface area contributed by atoms with Crippen LogP contribution in [0.15, 0.2) is 30.3 Å². The van der Waals surface area contributed by atoms with E-state index in [-0.39, 0.29) is 12.4 Å². The molecule has 1 aromatic carbocycles. The van der Waals surface area contributed by atoms with Crippen molar-refractivity contribution in [3.63, 3.8) is 0 Å². The molecule has 60 valence electrons. The molecule has 2 atom stereocenters. The molecule has 0 aromatic heterocycles. The highest BCUT2D eigenvalue weighted by atomic mass is 35.5. The van der Waals surface area contributed by atoms with Crippen LogP contribution in [0.1, 0.15) is 17.9 Å². The Morgan fingerprint density at radius 1 is 1.18 bits per heavy atom. The van der Waals surface area contributed by atoms with Gasteiger partial charge < -0.3 is 5.73 Å². The first-order valence-corrected chi connectivity index (χ1v) is 3.68. The maximum Gasteiger partial charge on any atom is 0.0115 e. The van der Waals surface area contributed by atoms with Gasteiger partial charge in [0, 0.05) is 12.0 Å². The Kier molecular flexibility index (Phi) is 2.53. The molecule has 0 aliphatic heterocycles. The van der Waals surface area contributed by atoms with Crippen molar-refractivity contribution < 1.29 is 0 Å². The van der Waals surface area contributed by atoms with Crippen LogP contribution in [0.5, 0.6) is 0 Å². The highest BCUT2D eigenvalue weighted by Crippen LogP contribution is 2.38. The summed E-state index contributed by atoms with van der Waals surface area (Å²) in [5, 5.41) is 0. The molecule has 1 aliphatic carbocycles. The van der Waals surface area contributed by atoms with Crippen LogP contribution < -0.4 is 5.73 Å². The first-order valence-electron chi connectivity index (χ1n) is 3.68. The molecular weight excluding hydrogens is 158 g/mol. The Balaban J connectivity index is 0.000000605. The summed E-state index contributed by atoms with van der Waals surface area (Å²) < 4.78 is 0. The number of hydrogen-bond acceptors (Lipinski definition) is 1. The van der Waals surface area contributed by atoms with Gasteiger partial charge in [-0.1, -0.05) is 30.3 Å². The average molecular weight is 170 g/mol. The first kappa shape index (κ1) is 8.57. The zero-order chi connectivity index (χ0) is 6.97. The quantitative estimate of drug-likeness (QED) is 0.683. The minimum absolute atomic E-state index is 0. The number of hydrogen-bond donors (Lipinski definition) is 1. The van der Waals surface area contributed by atoms with Crippen LogP contribution in [0.25, 0.3) is 0 Å². The van der Waals surface area contributed by atoms with Gasteiger partial charge >= 0.3 is 0 Å². The molecule has 0 heterocycles. The molecule has 0 radical (unpaired) electrons. The van der Waals surface area contributed by atoms with Gasteiger partial charge in [0.1, 0.15) is 0 Å². The lowest BCUT2D eigenvalue weighted by Crippen LogP contribution is -2.00. The Labute approximate surface area is 73.0 Å². The topological polar surface area (TPSA) is 26.0 Å². The van der Waals surface area contributed by atoms with Gasteiger partial charge in [0.25, 0.3) is 0 Å². The number of rotatable bonds is 1. The average Bonchev–Trinajstić information content (AvgIpc) is 2.69. The van der Waals surface area contributed by atoms with E-state index >= 15 is 0 Å². The van der Waals surface area contributed by atoms with Crippen LogP contribution in [0.2, 0.25) is 0 Å². The van der Waals surface area contributed by atoms with E-state index in [2.05, 4.69) is 24.3 Å². The van der Waals surface area contributed by atoms with Gasteiger partial charge in [0.05, 0.1) is 0 Å². The molecule has 2 N–H and O–H groups in total. The predicted octanol–water partition coefficient (Wildman–Crippen LogP) is 1.92. The van der Waals surface area contributed by atoms with Gasteiger partial charge in [-0.3, -0.25) is 0 Å². The first-order chi connectivity index (χ1) is 4.88. The number of halogens is 1. The summed E-state index contributed by atoms with van der Waals surface area (Å²) in [7, 11) is 0. The molecule has 2 rings (SSSR count). The van der Waals surface area contributed by atoms with Crippen molar-refractivity contribution in [2.45, 2.75) is 18.4 Å². The van der Waals surface area contributed by atoms with E-state index < -0.39 is 0 Å². The number of benzene rings is 1. The molecule has 1 fully saturated rings. The summed E-state index contributed by atoms with van der Waals surface area (Å²) in [4.78, 5) is 0. The van der Waals surface area contributed by atoms with Crippen LogP contribution in [0, 0.1) is 0 Å². The lowest BCUT2D eigenvalue weighted by Gasteiger charge is -1.94. The molecule has 2 heteroatoms. The van der Waals surface area contributed by atoms with Gasteiger partial charge in [-0.25, -0.2) is 0 Å². The molecule has 1 saturated carbocycles. The summed E-state index contributed by atoms with van der Waals surface area (Å²) >= 11 is 0. The van der Waals surface area contributed by atoms with Gasteiger partial charge in [-0.15, -0.1) is 12.4 Å². The van der Waals surface area contributed by atoms with Crippen molar-refractivity contribution in [2.75, 3.05) is 0 Å². The van der Waals surface area contributed by atoms with Crippen LogP contribution >= 0.6 is 12.4 Å². The zero-order valence-electron chi connectivity index (χ0n) is 6.23. The van der Waals surface area contributed by atoms with E-state index in [9.17, 15) is 0 Å². The molecule has 1 nitrogen and oxygen atoms in total. The lowest BCUT2D eigenvalue weighted by atomic mass is 10.1. The summed E-state index contributed by atoms with van der Waals surface area (Å²) in [6, 6.07) is 10.9. The van der Waals surface area contributed by atoms with E-state index in [0.29, 0.717) is 12.0 Å². The fourth-order valence-corrected chi connectivity index (χ4v) is 1.30. The lowest BCUT2D eigenvalue weighted by molar-refractivity contribution is 0.991. The Bertz CT molecular complexity index is 222. The molecule has 0 spiro atoms. The largest absolute Gasteiger partial charge is 0.327 e. The van der Waals surface area contributed by atoms with Crippen molar-refractivity contribution in [1.29, 1.82) is 0 Å². The van der Waals surface area contributed by atoms with Crippen molar-refractivity contribution >= 4 is 12.4 Å². The summed E-state index contributed by atoms with van der Waals surface area (Å²) in [5.74, 6) is 0.654. The molecule has 1 unspecified atom stereocenters. The van der Waals surface area contributed by atoms with Crippen molar-refractivity contribution in [1.82, 2.24) is 0 Å². The third-order valence-electron chi connectivity index (χ3n) is 2.07. The fourth-order valence-electron chi connectivity index (χ4n) is 1.30. The monoisotopic (exact) mass is 169 g/mol. The zero-order valence-corrected chi connectivity index (χ0v) is 7.05. The summed E-state index contributed by atoms with van der Waals surface area (Å²) in [6.45, 7) is 0. The van der Waals surface area contributed by atoms with Gasteiger partial charge in [0.15, 0.2) is 0 Å². The molecule has 0 bridgehead atoms. The van der Waals surface area contributed by atoms with E-state index in [4.69, 9.17) is 5.73 Å². The van der Waals surface area contributed by atoms with E-state index in [1.165, 1.54) is 12.0 Å². The standard InChI is InChI=1S/C9H11N.ClH/c10-9-6-8(9)7-4-2-1-3-5-7;/h1-5,8-9H,6,10H2;1H/t8?,9-;/m0./s1. The minimum atomic E-state index is 0. The van der Waals surface area contributed by atoms with E-state index in [0.717, 1.165) is 0 Å². The molecule has 0 amide bonds. The minimum Gasteiger partial charge on any atom is -0.327 e. The smallest absolute Gasteiger partial charge is 0.0115 e. The van der Waals surface area contributed by atoms with Crippen LogP contribution in [-0.2, 0) is 0 Å². The maximum atomic E-state index is 5.70. The SMILES string of the molecule is Cl.N[C@H]1CC1c1ccccc1. The number of nitrogens with two attached hydrogens (primary N) is 1. The van der Waals surface area contributed by atoms with Crippen molar-refractivity contribution in [3.05, 3.63) is 35.9 Å². The van der Waals surface area contributed by atoms with Gasteiger partial charge in [0.2, 0.25) is 0 Å². The van der Waals surface area contributed by atoms with E-state index in [1.807, 2.05) is 6.07 Å². The Hall–Kier alpha value is -0.530. The van der Waals surface area contributed by atoms with Crippen molar-refractivity contribution in [2.24, 2.45) is 5.73 Å². The highest BCUT2D eigenvalue weighted by molar-refractivity contribution is 5.85. The van der Waals surface area contributed by atoms with E-state index in [1.54, 1.807) is 0 Å². The molecule has 1 aliphatic rings. The molecular formula is C9H12ClN. The molecule has 0 saturated heterocycles. The Morgan fingerprint density at radius 3 is 2.18 bits per heavy atom. The second-order valence-electron chi connectivity index (χ2n) is 2.92. The highest BCUT2D eigenvalue weighted by Gasteiger charge is 2.34. The summed E-state index contributed by atoms with van der Waals surface area (Å²) in [5.41, 5.74) is 7.10. The van der Waals surface area contributed by atoms with Gasteiger partial charge in [-0.05, 0) is 12.0 Å². The summed E-state index contributed by atoms with van der Waals surface area (Å²) in [6.07, 6.45) is 1.17. The second kappa shape index (κ2) is 3.24. The van der Waals surface area contributed by atoms with Gasteiger partial charge in [-0.2, -0.15) is 0 Å². The fraction of sp³-hybridized carbons (Fsp3) is 0.333.